The van der Waals surface area contributed by atoms with Gasteiger partial charge in [0.1, 0.15) is 0 Å². The molecule has 80 valence electrons. The highest BCUT2D eigenvalue weighted by Gasteiger charge is 2.44. The van der Waals surface area contributed by atoms with Gasteiger partial charge >= 0.3 is 0 Å². The van der Waals surface area contributed by atoms with Gasteiger partial charge in [-0.25, -0.2) is 0 Å². The quantitative estimate of drug-likeness (QED) is 0.789. The Morgan fingerprint density at radius 3 is 2.60 bits per heavy atom. The number of rotatable bonds is 4. The van der Waals surface area contributed by atoms with Crippen LogP contribution >= 0.6 is 0 Å². The lowest BCUT2D eigenvalue weighted by atomic mass is 10.2. The SMILES string of the molecule is CC1(C)CC1NCC=Cc1ccccc1. The van der Waals surface area contributed by atoms with Crippen LogP contribution in [0.1, 0.15) is 25.8 Å². The summed E-state index contributed by atoms with van der Waals surface area (Å²) in [6.45, 7) is 5.60. The average Bonchev–Trinajstić information content (AvgIpc) is 2.83. The Hall–Kier alpha value is -1.08. The highest BCUT2D eigenvalue weighted by molar-refractivity contribution is 5.48. The molecule has 1 fully saturated rings. The van der Waals surface area contributed by atoms with Gasteiger partial charge in [-0.1, -0.05) is 56.3 Å². The Balaban J connectivity index is 1.73. The van der Waals surface area contributed by atoms with Crippen LogP contribution in [0.25, 0.3) is 6.08 Å². The fourth-order valence-electron chi connectivity index (χ4n) is 1.79. The van der Waals surface area contributed by atoms with Gasteiger partial charge in [0.25, 0.3) is 0 Å². The first-order valence-corrected chi connectivity index (χ1v) is 5.63. The maximum atomic E-state index is 3.53. The summed E-state index contributed by atoms with van der Waals surface area (Å²) < 4.78 is 0. The van der Waals surface area contributed by atoms with Gasteiger partial charge in [0, 0.05) is 12.6 Å². The third-order valence-electron chi connectivity index (χ3n) is 3.11. The molecule has 0 radical (unpaired) electrons. The Kier molecular flexibility index (Phi) is 2.92. The molecule has 2 rings (SSSR count). The van der Waals surface area contributed by atoms with Crippen molar-refractivity contribution < 1.29 is 0 Å². The van der Waals surface area contributed by atoms with E-state index in [0.717, 1.165) is 12.6 Å². The molecule has 0 heterocycles. The van der Waals surface area contributed by atoms with Crippen LogP contribution in [-0.4, -0.2) is 12.6 Å². The Morgan fingerprint density at radius 2 is 2.00 bits per heavy atom. The molecule has 15 heavy (non-hydrogen) atoms. The molecule has 0 saturated heterocycles. The van der Waals surface area contributed by atoms with Crippen molar-refractivity contribution in [2.45, 2.75) is 26.3 Å². The van der Waals surface area contributed by atoms with E-state index in [1.807, 2.05) is 6.07 Å². The molecule has 1 saturated carbocycles. The summed E-state index contributed by atoms with van der Waals surface area (Å²) in [6, 6.07) is 11.1. The normalized spacial score (nSPS) is 23.2. The lowest BCUT2D eigenvalue weighted by Crippen LogP contribution is -2.20. The number of benzene rings is 1. The summed E-state index contributed by atoms with van der Waals surface area (Å²) in [5, 5.41) is 3.53. The molecule has 0 spiro atoms. The molecule has 1 nitrogen and oxygen atoms in total. The molecule has 1 aromatic carbocycles. The molecule has 0 aromatic heterocycles. The predicted molar refractivity (Wildman–Crippen MR) is 65.7 cm³/mol. The van der Waals surface area contributed by atoms with Crippen LogP contribution in [0.5, 0.6) is 0 Å². The van der Waals surface area contributed by atoms with Crippen LogP contribution in [0.15, 0.2) is 36.4 Å². The van der Waals surface area contributed by atoms with Gasteiger partial charge in [0.15, 0.2) is 0 Å². The first-order valence-electron chi connectivity index (χ1n) is 5.63. The summed E-state index contributed by atoms with van der Waals surface area (Å²) >= 11 is 0. The van der Waals surface area contributed by atoms with Gasteiger partial charge in [-0.05, 0) is 17.4 Å². The van der Waals surface area contributed by atoms with Crippen molar-refractivity contribution >= 4 is 6.08 Å². The lowest BCUT2D eigenvalue weighted by molar-refractivity contribution is 0.562. The van der Waals surface area contributed by atoms with Crippen molar-refractivity contribution in [1.29, 1.82) is 0 Å². The van der Waals surface area contributed by atoms with Crippen LogP contribution in [0.3, 0.4) is 0 Å². The monoisotopic (exact) mass is 201 g/mol. The van der Waals surface area contributed by atoms with E-state index in [4.69, 9.17) is 0 Å². The van der Waals surface area contributed by atoms with E-state index in [-0.39, 0.29) is 0 Å². The topological polar surface area (TPSA) is 12.0 Å². The third-order valence-corrected chi connectivity index (χ3v) is 3.11. The van der Waals surface area contributed by atoms with Crippen molar-refractivity contribution in [3.8, 4) is 0 Å². The van der Waals surface area contributed by atoms with E-state index >= 15 is 0 Å². The first-order chi connectivity index (χ1) is 7.18. The van der Waals surface area contributed by atoms with E-state index in [0.29, 0.717) is 5.41 Å². The van der Waals surface area contributed by atoms with Crippen LogP contribution < -0.4 is 5.32 Å². The van der Waals surface area contributed by atoms with E-state index in [1.165, 1.54) is 12.0 Å². The molecule has 1 unspecified atom stereocenters. The molecular weight excluding hydrogens is 182 g/mol. The molecule has 1 aromatic rings. The second-order valence-electron chi connectivity index (χ2n) is 4.97. The van der Waals surface area contributed by atoms with E-state index in [1.54, 1.807) is 0 Å². The van der Waals surface area contributed by atoms with Gasteiger partial charge in [-0.15, -0.1) is 0 Å². The molecule has 1 aliphatic carbocycles. The predicted octanol–water partition coefficient (Wildman–Crippen LogP) is 3.09. The number of hydrogen-bond donors (Lipinski definition) is 1. The fraction of sp³-hybridized carbons (Fsp3) is 0.429. The van der Waals surface area contributed by atoms with Crippen LogP contribution in [0.2, 0.25) is 0 Å². The standard InChI is InChI=1S/C14H19N/c1-14(2)11-13(14)15-10-6-9-12-7-4-3-5-8-12/h3-9,13,15H,10-11H2,1-2H3. The maximum Gasteiger partial charge on any atom is 0.0140 e. The Labute approximate surface area is 92.2 Å². The minimum absolute atomic E-state index is 0.528. The maximum absolute atomic E-state index is 3.53. The molecule has 0 bridgehead atoms. The minimum Gasteiger partial charge on any atom is -0.310 e. The molecule has 0 amide bonds. The van der Waals surface area contributed by atoms with Crippen molar-refractivity contribution in [1.82, 2.24) is 5.32 Å². The molecule has 1 heteroatoms. The van der Waals surface area contributed by atoms with E-state index < -0.39 is 0 Å². The van der Waals surface area contributed by atoms with Crippen LogP contribution in [-0.2, 0) is 0 Å². The van der Waals surface area contributed by atoms with Gasteiger partial charge in [0.2, 0.25) is 0 Å². The summed E-state index contributed by atoms with van der Waals surface area (Å²) in [7, 11) is 0. The molecule has 1 atom stereocenters. The largest absolute Gasteiger partial charge is 0.310 e. The minimum atomic E-state index is 0.528. The fourth-order valence-corrected chi connectivity index (χ4v) is 1.79. The summed E-state index contributed by atoms with van der Waals surface area (Å²) in [5.74, 6) is 0. The van der Waals surface area contributed by atoms with Gasteiger partial charge in [0.05, 0.1) is 0 Å². The van der Waals surface area contributed by atoms with Crippen molar-refractivity contribution in [2.75, 3.05) is 6.54 Å². The molecule has 0 aliphatic heterocycles. The zero-order valence-electron chi connectivity index (χ0n) is 9.53. The second kappa shape index (κ2) is 4.19. The zero-order valence-corrected chi connectivity index (χ0v) is 9.53. The van der Waals surface area contributed by atoms with Crippen LogP contribution in [0.4, 0.5) is 0 Å². The summed E-state index contributed by atoms with van der Waals surface area (Å²) in [6.07, 6.45) is 5.68. The molecule has 1 aliphatic rings. The van der Waals surface area contributed by atoms with E-state index in [2.05, 4.69) is 55.6 Å². The second-order valence-corrected chi connectivity index (χ2v) is 4.97. The highest BCUT2D eigenvalue weighted by Crippen LogP contribution is 2.44. The summed E-state index contributed by atoms with van der Waals surface area (Å²) in [5.41, 5.74) is 1.80. The van der Waals surface area contributed by atoms with Gasteiger partial charge in [-0.3, -0.25) is 0 Å². The highest BCUT2D eigenvalue weighted by atomic mass is 15.0. The smallest absolute Gasteiger partial charge is 0.0140 e. The summed E-state index contributed by atoms with van der Waals surface area (Å²) in [4.78, 5) is 0. The van der Waals surface area contributed by atoms with Gasteiger partial charge in [-0.2, -0.15) is 0 Å². The lowest BCUT2D eigenvalue weighted by Gasteiger charge is -2.02. The number of nitrogens with one attached hydrogen (secondary N) is 1. The van der Waals surface area contributed by atoms with Crippen molar-refractivity contribution in [3.05, 3.63) is 42.0 Å². The first kappa shape index (κ1) is 10.4. The third kappa shape index (κ3) is 2.93. The van der Waals surface area contributed by atoms with Gasteiger partial charge < -0.3 is 5.32 Å². The van der Waals surface area contributed by atoms with E-state index in [9.17, 15) is 0 Å². The van der Waals surface area contributed by atoms with Crippen molar-refractivity contribution in [3.63, 3.8) is 0 Å². The molecular formula is C14H19N. The molecule has 1 N–H and O–H groups in total. The Bertz CT molecular complexity index is 338. The Morgan fingerprint density at radius 1 is 1.33 bits per heavy atom. The number of hydrogen-bond acceptors (Lipinski definition) is 1. The van der Waals surface area contributed by atoms with Crippen molar-refractivity contribution in [2.24, 2.45) is 5.41 Å². The zero-order chi connectivity index (χ0) is 10.7. The van der Waals surface area contributed by atoms with Crippen LogP contribution in [0, 0.1) is 5.41 Å². The average molecular weight is 201 g/mol.